The lowest BCUT2D eigenvalue weighted by Gasteiger charge is -2.42. The Hall–Kier alpha value is -1.39. The van der Waals surface area contributed by atoms with Crippen LogP contribution < -0.4 is 0 Å². The summed E-state index contributed by atoms with van der Waals surface area (Å²) in [7, 11) is -0.516. The largest absolute Gasteiger partial charge is 0.468 e. The predicted molar refractivity (Wildman–Crippen MR) is 118 cm³/mol. The van der Waals surface area contributed by atoms with E-state index in [-0.39, 0.29) is 22.5 Å². The second-order valence-corrected chi connectivity index (χ2v) is 14.8. The fraction of sp³-hybridized carbons (Fsp3) is 0.625. The Balaban J connectivity index is 2.07. The van der Waals surface area contributed by atoms with Crippen molar-refractivity contribution < 1.29 is 14.0 Å². The van der Waals surface area contributed by atoms with Crippen molar-refractivity contribution in [2.24, 2.45) is 11.3 Å². The topological polar surface area (TPSA) is 35.5 Å². The standard InChI is InChI=1S/C24H36O3Si/c1-8-18-13-9-10-14-19(18)17-23(21(25)26-5)20-15-11-12-16-24(20,23)27-28(6,7)22(2,3)4/h8-10,13-14,20H,1,11-12,15-17H2,2-7H3/t20?,23-,24+/m1/s1. The van der Waals surface area contributed by atoms with Gasteiger partial charge in [-0.05, 0) is 48.5 Å². The van der Waals surface area contributed by atoms with Gasteiger partial charge in [-0.3, -0.25) is 4.79 Å². The maximum atomic E-state index is 13.3. The Kier molecular flexibility index (Phi) is 5.43. The van der Waals surface area contributed by atoms with Gasteiger partial charge in [0.2, 0.25) is 0 Å². The van der Waals surface area contributed by atoms with Crippen LogP contribution in [-0.4, -0.2) is 27.0 Å². The minimum Gasteiger partial charge on any atom is -0.468 e. The summed E-state index contributed by atoms with van der Waals surface area (Å²) in [5.41, 5.74) is 1.30. The molecule has 3 rings (SSSR count). The second kappa shape index (κ2) is 7.14. The Labute approximate surface area is 171 Å². The van der Waals surface area contributed by atoms with Crippen molar-refractivity contribution in [1.29, 1.82) is 0 Å². The van der Waals surface area contributed by atoms with E-state index < -0.39 is 13.7 Å². The second-order valence-electron chi connectivity index (χ2n) is 10.1. The molecule has 0 spiro atoms. The van der Waals surface area contributed by atoms with Gasteiger partial charge >= 0.3 is 5.97 Å². The number of fused-ring (bicyclic) bond motifs is 1. The van der Waals surface area contributed by atoms with Crippen LogP contribution >= 0.6 is 0 Å². The molecule has 0 saturated heterocycles. The minimum absolute atomic E-state index is 0.100. The van der Waals surface area contributed by atoms with Gasteiger partial charge in [-0.25, -0.2) is 0 Å². The number of esters is 1. The number of rotatable bonds is 6. The highest BCUT2D eigenvalue weighted by Crippen LogP contribution is 2.73. The van der Waals surface area contributed by atoms with Crippen LogP contribution in [0.25, 0.3) is 6.08 Å². The Bertz CT molecular complexity index is 763. The highest BCUT2D eigenvalue weighted by Gasteiger charge is 2.82. The van der Waals surface area contributed by atoms with Crippen molar-refractivity contribution in [3.05, 3.63) is 42.0 Å². The Morgan fingerprint density at radius 2 is 1.96 bits per heavy atom. The van der Waals surface area contributed by atoms with Gasteiger partial charge < -0.3 is 9.16 Å². The van der Waals surface area contributed by atoms with Crippen LogP contribution in [0, 0.1) is 11.3 Å². The first-order chi connectivity index (χ1) is 13.1. The van der Waals surface area contributed by atoms with E-state index in [9.17, 15) is 4.79 Å². The molecule has 0 bridgehead atoms. The maximum absolute atomic E-state index is 13.3. The van der Waals surface area contributed by atoms with E-state index in [1.54, 1.807) is 0 Å². The number of ether oxygens (including phenoxy) is 1. The fourth-order valence-corrected chi connectivity index (χ4v) is 6.77. The van der Waals surface area contributed by atoms with Crippen molar-refractivity contribution in [3.8, 4) is 0 Å². The van der Waals surface area contributed by atoms with Gasteiger partial charge in [-0.15, -0.1) is 0 Å². The molecule has 154 valence electrons. The summed E-state index contributed by atoms with van der Waals surface area (Å²) in [5.74, 6) is 0.144. The molecule has 2 aliphatic rings. The zero-order chi connectivity index (χ0) is 20.8. The lowest BCUT2D eigenvalue weighted by Crippen LogP contribution is -2.48. The number of carbonyl (C=O) groups is 1. The maximum Gasteiger partial charge on any atom is 0.315 e. The van der Waals surface area contributed by atoms with Crippen LogP contribution in [0.15, 0.2) is 30.8 Å². The highest BCUT2D eigenvalue weighted by molar-refractivity contribution is 6.74. The minimum atomic E-state index is -2.04. The molecule has 1 aromatic rings. The molecule has 2 saturated carbocycles. The van der Waals surface area contributed by atoms with Crippen LogP contribution in [0.1, 0.15) is 57.6 Å². The quantitative estimate of drug-likeness (QED) is 0.434. The van der Waals surface area contributed by atoms with Gasteiger partial charge in [0.05, 0.1) is 12.7 Å². The Morgan fingerprint density at radius 3 is 2.57 bits per heavy atom. The lowest BCUT2D eigenvalue weighted by molar-refractivity contribution is -0.150. The summed E-state index contributed by atoms with van der Waals surface area (Å²) in [6, 6.07) is 8.25. The van der Waals surface area contributed by atoms with Crippen LogP contribution in [0.2, 0.25) is 18.1 Å². The number of benzene rings is 1. The highest BCUT2D eigenvalue weighted by atomic mass is 28.4. The predicted octanol–water partition coefficient (Wildman–Crippen LogP) is 6.00. The molecule has 0 radical (unpaired) electrons. The van der Waals surface area contributed by atoms with E-state index in [1.165, 1.54) is 7.11 Å². The molecular formula is C24H36O3Si. The van der Waals surface area contributed by atoms with Crippen molar-refractivity contribution in [2.75, 3.05) is 7.11 Å². The van der Waals surface area contributed by atoms with Crippen LogP contribution in [0.5, 0.6) is 0 Å². The van der Waals surface area contributed by atoms with Crippen molar-refractivity contribution in [3.63, 3.8) is 0 Å². The van der Waals surface area contributed by atoms with Gasteiger partial charge in [-0.2, -0.15) is 0 Å². The van der Waals surface area contributed by atoms with Crippen molar-refractivity contribution >= 4 is 20.4 Å². The molecule has 3 atom stereocenters. The summed E-state index contributed by atoms with van der Waals surface area (Å²) >= 11 is 0. The zero-order valence-corrected chi connectivity index (χ0v) is 19.4. The van der Waals surface area contributed by atoms with E-state index in [1.807, 2.05) is 18.2 Å². The van der Waals surface area contributed by atoms with Gasteiger partial charge in [0.1, 0.15) is 5.41 Å². The third kappa shape index (κ3) is 3.09. The average Bonchev–Trinajstić information content (AvgIpc) is 3.21. The smallest absolute Gasteiger partial charge is 0.315 e. The molecule has 2 fully saturated rings. The molecule has 1 unspecified atom stereocenters. The van der Waals surface area contributed by atoms with Gasteiger partial charge in [-0.1, -0.05) is 70.5 Å². The van der Waals surface area contributed by atoms with Gasteiger partial charge in [0.15, 0.2) is 8.32 Å². The van der Waals surface area contributed by atoms with Crippen LogP contribution in [0.3, 0.4) is 0 Å². The number of hydrogen-bond donors (Lipinski definition) is 0. The lowest BCUT2D eigenvalue weighted by atomic mass is 9.88. The van der Waals surface area contributed by atoms with E-state index >= 15 is 0 Å². The van der Waals surface area contributed by atoms with Crippen LogP contribution in [-0.2, 0) is 20.4 Å². The first-order valence-electron chi connectivity index (χ1n) is 10.5. The SMILES string of the molecule is C=Cc1ccccc1C[C@]1(C(=O)OC)C2CCCC[C@]21O[Si](C)(C)C(C)(C)C. The van der Waals surface area contributed by atoms with Gasteiger partial charge in [0, 0.05) is 5.92 Å². The molecule has 1 aromatic carbocycles. The zero-order valence-electron chi connectivity index (χ0n) is 18.4. The fourth-order valence-electron chi connectivity index (χ4n) is 5.13. The summed E-state index contributed by atoms with van der Waals surface area (Å²) in [6.07, 6.45) is 6.83. The summed E-state index contributed by atoms with van der Waals surface area (Å²) < 4.78 is 12.5. The molecule has 28 heavy (non-hydrogen) atoms. The molecule has 3 nitrogen and oxygen atoms in total. The normalized spacial score (nSPS) is 29.7. The van der Waals surface area contributed by atoms with Gasteiger partial charge in [0.25, 0.3) is 0 Å². The van der Waals surface area contributed by atoms with Crippen molar-refractivity contribution in [2.45, 2.75) is 76.6 Å². The van der Waals surface area contributed by atoms with E-state index in [0.717, 1.165) is 36.8 Å². The first-order valence-corrected chi connectivity index (χ1v) is 13.5. The molecule has 0 aliphatic heterocycles. The molecule has 0 heterocycles. The number of hydrogen-bond acceptors (Lipinski definition) is 3. The first kappa shape index (κ1) is 21.3. The molecule has 2 aliphatic carbocycles. The van der Waals surface area contributed by atoms with E-state index in [2.05, 4.69) is 52.6 Å². The third-order valence-corrected chi connectivity index (χ3v) is 12.1. The summed E-state index contributed by atoms with van der Waals surface area (Å²) in [6.45, 7) is 15.4. The summed E-state index contributed by atoms with van der Waals surface area (Å²) in [5, 5.41) is 0.104. The van der Waals surface area contributed by atoms with E-state index in [0.29, 0.717) is 6.42 Å². The number of carbonyl (C=O) groups excluding carboxylic acids is 1. The summed E-state index contributed by atoms with van der Waals surface area (Å²) in [4.78, 5) is 13.3. The monoisotopic (exact) mass is 400 g/mol. The number of methoxy groups -OCH3 is 1. The molecule has 0 aromatic heterocycles. The third-order valence-electron chi connectivity index (χ3n) is 7.66. The Morgan fingerprint density at radius 1 is 1.29 bits per heavy atom. The molecule has 4 heteroatoms. The van der Waals surface area contributed by atoms with Crippen molar-refractivity contribution in [1.82, 2.24) is 0 Å². The molecular weight excluding hydrogens is 364 g/mol. The average molecular weight is 401 g/mol. The van der Waals surface area contributed by atoms with Crippen LogP contribution in [0.4, 0.5) is 0 Å². The molecule has 0 amide bonds. The molecule has 0 N–H and O–H groups in total. The van der Waals surface area contributed by atoms with E-state index in [4.69, 9.17) is 9.16 Å².